The number of rotatable bonds is 4. The van der Waals surface area contributed by atoms with Crippen LogP contribution in [0.5, 0.6) is 0 Å². The lowest BCUT2D eigenvalue weighted by molar-refractivity contribution is 0.0796. The van der Waals surface area contributed by atoms with Crippen LogP contribution in [0.1, 0.15) is 21.6 Å². The van der Waals surface area contributed by atoms with Gasteiger partial charge in [0.05, 0.1) is 0 Å². The molecule has 1 aromatic heterocycles. The van der Waals surface area contributed by atoms with Gasteiger partial charge in [-0.2, -0.15) is 0 Å². The van der Waals surface area contributed by atoms with Crippen LogP contribution in [0.25, 0.3) is 0 Å². The van der Waals surface area contributed by atoms with Crippen molar-refractivity contribution in [1.82, 2.24) is 9.88 Å². The summed E-state index contributed by atoms with van der Waals surface area (Å²) in [5, 5.41) is 0. The van der Waals surface area contributed by atoms with Crippen molar-refractivity contribution < 1.29 is 4.79 Å². The van der Waals surface area contributed by atoms with Crippen molar-refractivity contribution >= 4 is 21.8 Å². The highest BCUT2D eigenvalue weighted by Crippen LogP contribution is 2.18. The molecule has 0 unspecified atom stereocenters. The number of carbonyl (C=O) groups excluding carboxylic acids is 1. The lowest BCUT2D eigenvalue weighted by Gasteiger charge is -2.17. The minimum atomic E-state index is 0.0293. The van der Waals surface area contributed by atoms with Crippen molar-refractivity contribution in [2.45, 2.75) is 13.3 Å². The summed E-state index contributed by atoms with van der Waals surface area (Å²) in [4.78, 5) is 18.3. The van der Waals surface area contributed by atoms with Gasteiger partial charge in [-0.15, -0.1) is 0 Å². The van der Waals surface area contributed by atoms with E-state index in [0.717, 1.165) is 22.2 Å². The van der Waals surface area contributed by atoms with Crippen LogP contribution in [0.15, 0.2) is 47.1 Å². The number of carbonyl (C=O) groups is 1. The maximum absolute atomic E-state index is 12.3. The van der Waals surface area contributed by atoms with Crippen LogP contribution in [0.4, 0.5) is 0 Å². The summed E-state index contributed by atoms with van der Waals surface area (Å²) in [6, 6.07) is 11.5. The average Bonchev–Trinajstić information content (AvgIpc) is 2.48. The Labute approximate surface area is 127 Å². The number of hydrogen-bond donors (Lipinski definition) is 0. The SMILES string of the molecule is Cc1ccc(C(=O)N(C)CCc2ccccn2)cc1Br. The summed E-state index contributed by atoms with van der Waals surface area (Å²) >= 11 is 3.46. The van der Waals surface area contributed by atoms with Gasteiger partial charge < -0.3 is 4.90 Å². The van der Waals surface area contributed by atoms with E-state index < -0.39 is 0 Å². The second kappa shape index (κ2) is 6.66. The predicted octanol–water partition coefficient (Wildman–Crippen LogP) is 3.47. The molecule has 2 aromatic rings. The zero-order valence-electron chi connectivity index (χ0n) is 11.6. The van der Waals surface area contributed by atoms with E-state index in [4.69, 9.17) is 0 Å². The van der Waals surface area contributed by atoms with Gasteiger partial charge in [0.2, 0.25) is 0 Å². The molecule has 0 fully saturated rings. The fraction of sp³-hybridized carbons (Fsp3) is 0.250. The van der Waals surface area contributed by atoms with Crippen LogP contribution in [0.3, 0.4) is 0 Å². The highest BCUT2D eigenvalue weighted by Gasteiger charge is 2.12. The molecule has 20 heavy (non-hydrogen) atoms. The first-order chi connectivity index (χ1) is 9.58. The molecule has 0 aliphatic heterocycles. The Bertz CT molecular complexity index is 599. The van der Waals surface area contributed by atoms with Crippen molar-refractivity contribution in [3.05, 3.63) is 63.9 Å². The molecule has 0 radical (unpaired) electrons. The lowest BCUT2D eigenvalue weighted by atomic mass is 10.1. The van der Waals surface area contributed by atoms with Crippen LogP contribution < -0.4 is 0 Å². The van der Waals surface area contributed by atoms with Crippen LogP contribution in [0, 0.1) is 6.92 Å². The van der Waals surface area contributed by atoms with Gasteiger partial charge in [0, 0.05) is 41.9 Å². The molecule has 0 atom stereocenters. The number of hydrogen-bond acceptors (Lipinski definition) is 2. The van der Waals surface area contributed by atoms with Crippen LogP contribution in [-0.4, -0.2) is 29.4 Å². The molecule has 2 rings (SSSR count). The standard InChI is InChI=1S/C16H17BrN2O/c1-12-6-7-13(11-15(12)17)16(20)19(2)10-8-14-5-3-4-9-18-14/h3-7,9,11H,8,10H2,1-2H3. The third-order valence-corrected chi connectivity index (χ3v) is 4.05. The second-order valence-corrected chi connectivity index (χ2v) is 5.62. The Morgan fingerprint density at radius 3 is 2.75 bits per heavy atom. The normalized spacial score (nSPS) is 10.3. The van der Waals surface area contributed by atoms with Crippen molar-refractivity contribution in [3.8, 4) is 0 Å². The molecule has 0 saturated carbocycles. The highest BCUT2D eigenvalue weighted by atomic mass is 79.9. The number of amides is 1. The predicted molar refractivity (Wildman–Crippen MR) is 83.8 cm³/mol. The minimum absolute atomic E-state index is 0.0293. The first-order valence-corrected chi connectivity index (χ1v) is 7.29. The summed E-state index contributed by atoms with van der Waals surface area (Å²) in [5.74, 6) is 0.0293. The molecule has 1 amide bonds. The topological polar surface area (TPSA) is 33.2 Å². The van der Waals surface area contributed by atoms with Gasteiger partial charge in [-0.25, -0.2) is 0 Å². The van der Waals surface area contributed by atoms with Gasteiger partial charge >= 0.3 is 0 Å². The largest absolute Gasteiger partial charge is 0.341 e. The molecule has 1 aromatic carbocycles. The Morgan fingerprint density at radius 1 is 1.30 bits per heavy atom. The van der Waals surface area contributed by atoms with Crippen molar-refractivity contribution in [2.24, 2.45) is 0 Å². The first-order valence-electron chi connectivity index (χ1n) is 6.49. The number of pyridine rings is 1. The summed E-state index contributed by atoms with van der Waals surface area (Å²) < 4.78 is 0.960. The summed E-state index contributed by atoms with van der Waals surface area (Å²) in [6.45, 7) is 2.66. The Morgan fingerprint density at radius 2 is 2.10 bits per heavy atom. The Balaban J connectivity index is 1.99. The van der Waals surface area contributed by atoms with E-state index in [-0.39, 0.29) is 5.91 Å². The molecular weight excluding hydrogens is 316 g/mol. The van der Waals surface area contributed by atoms with E-state index in [1.165, 1.54) is 0 Å². The Hall–Kier alpha value is -1.68. The number of aryl methyl sites for hydroxylation is 1. The van der Waals surface area contributed by atoms with E-state index in [1.807, 2.05) is 50.4 Å². The summed E-state index contributed by atoms with van der Waals surface area (Å²) in [6.07, 6.45) is 2.53. The maximum atomic E-state index is 12.3. The quantitative estimate of drug-likeness (QED) is 0.858. The van der Waals surface area contributed by atoms with E-state index in [9.17, 15) is 4.79 Å². The fourth-order valence-corrected chi connectivity index (χ4v) is 2.25. The molecule has 0 aliphatic rings. The third kappa shape index (κ3) is 3.67. The molecule has 3 nitrogen and oxygen atoms in total. The first kappa shape index (κ1) is 14.7. The number of nitrogens with zero attached hydrogens (tertiary/aromatic N) is 2. The van der Waals surface area contributed by atoms with Crippen molar-refractivity contribution in [3.63, 3.8) is 0 Å². The highest BCUT2D eigenvalue weighted by molar-refractivity contribution is 9.10. The lowest BCUT2D eigenvalue weighted by Crippen LogP contribution is -2.29. The molecule has 0 aliphatic carbocycles. The monoisotopic (exact) mass is 332 g/mol. The molecule has 0 spiro atoms. The van der Waals surface area contributed by atoms with Crippen molar-refractivity contribution in [1.29, 1.82) is 0 Å². The minimum Gasteiger partial charge on any atom is -0.341 e. The molecule has 4 heteroatoms. The van der Waals surface area contributed by atoms with Crippen LogP contribution in [-0.2, 0) is 6.42 Å². The zero-order chi connectivity index (χ0) is 14.5. The van der Waals surface area contributed by atoms with E-state index in [2.05, 4.69) is 20.9 Å². The maximum Gasteiger partial charge on any atom is 0.253 e. The Kier molecular flexibility index (Phi) is 4.90. The van der Waals surface area contributed by atoms with Crippen molar-refractivity contribution in [2.75, 3.05) is 13.6 Å². The molecule has 0 N–H and O–H groups in total. The molecule has 104 valence electrons. The molecular formula is C16H17BrN2O. The van der Waals surface area contributed by atoms with Gasteiger partial charge in [-0.3, -0.25) is 9.78 Å². The number of likely N-dealkylation sites (N-methyl/N-ethyl adjacent to an activating group) is 1. The van der Waals surface area contributed by atoms with Gasteiger partial charge in [0.25, 0.3) is 5.91 Å². The van der Waals surface area contributed by atoms with E-state index >= 15 is 0 Å². The van der Waals surface area contributed by atoms with E-state index in [1.54, 1.807) is 11.1 Å². The molecule has 1 heterocycles. The van der Waals surface area contributed by atoms with Gasteiger partial charge in [0.1, 0.15) is 0 Å². The van der Waals surface area contributed by atoms with Gasteiger partial charge in [-0.05, 0) is 36.8 Å². The number of halogens is 1. The zero-order valence-corrected chi connectivity index (χ0v) is 13.2. The van der Waals surface area contributed by atoms with Crippen LogP contribution >= 0.6 is 15.9 Å². The number of benzene rings is 1. The van der Waals surface area contributed by atoms with Gasteiger partial charge in [0.15, 0.2) is 0 Å². The average molecular weight is 333 g/mol. The summed E-state index contributed by atoms with van der Waals surface area (Å²) in [5.41, 5.74) is 2.82. The van der Waals surface area contributed by atoms with Crippen LogP contribution in [0.2, 0.25) is 0 Å². The third-order valence-electron chi connectivity index (χ3n) is 3.19. The smallest absolute Gasteiger partial charge is 0.253 e. The van der Waals surface area contributed by atoms with E-state index in [0.29, 0.717) is 12.1 Å². The number of aromatic nitrogens is 1. The summed E-state index contributed by atoms with van der Waals surface area (Å²) in [7, 11) is 1.82. The second-order valence-electron chi connectivity index (χ2n) is 4.76. The van der Waals surface area contributed by atoms with Gasteiger partial charge in [-0.1, -0.05) is 28.1 Å². The fourth-order valence-electron chi connectivity index (χ4n) is 1.88. The molecule has 0 saturated heterocycles. The molecule has 0 bridgehead atoms.